The number of aryl methyl sites for hydroxylation is 1. The molecule has 1 fully saturated rings. The molecule has 5 nitrogen and oxygen atoms in total. The highest BCUT2D eigenvalue weighted by atomic mass is 32.1. The van der Waals surface area contributed by atoms with E-state index in [-0.39, 0.29) is 17.9 Å². The fraction of sp³-hybridized carbons (Fsp3) is 0.520. The molecule has 1 aliphatic heterocycles. The first-order valence-electron chi connectivity index (χ1n) is 11.1. The van der Waals surface area contributed by atoms with E-state index in [1.165, 1.54) is 15.3 Å². The Morgan fingerprint density at radius 1 is 1.10 bits per heavy atom. The normalized spacial score (nSPS) is 15.0. The van der Waals surface area contributed by atoms with Crippen molar-refractivity contribution in [3.05, 3.63) is 57.8 Å². The number of rotatable bonds is 6. The van der Waals surface area contributed by atoms with Crippen LogP contribution in [0.25, 0.3) is 0 Å². The second-order valence-electron chi connectivity index (χ2n) is 9.25. The SMILES string of the molecule is Cc1ccc(CN(CCc2ccccc2)C(=O)C2CCN(C(=O)OC(C)(C)C)CC2)s1. The van der Waals surface area contributed by atoms with Gasteiger partial charge in [-0.15, -0.1) is 11.3 Å². The van der Waals surface area contributed by atoms with Crippen LogP contribution in [0.4, 0.5) is 4.79 Å². The summed E-state index contributed by atoms with van der Waals surface area (Å²) in [6, 6.07) is 14.5. The summed E-state index contributed by atoms with van der Waals surface area (Å²) < 4.78 is 5.48. The molecule has 0 radical (unpaired) electrons. The van der Waals surface area contributed by atoms with E-state index in [9.17, 15) is 9.59 Å². The lowest BCUT2D eigenvalue weighted by atomic mass is 9.95. The average molecular weight is 443 g/mol. The molecule has 2 aromatic rings. The summed E-state index contributed by atoms with van der Waals surface area (Å²) >= 11 is 1.75. The number of benzene rings is 1. The van der Waals surface area contributed by atoms with E-state index >= 15 is 0 Å². The molecule has 1 aliphatic rings. The van der Waals surface area contributed by atoms with Gasteiger partial charge in [0.05, 0.1) is 6.54 Å². The zero-order chi connectivity index (χ0) is 22.4. The van der Waals surface area contributed by atoms with Gasteiger partial charge in [-0.25, -0.2) is 4.79 Å². The van der Waals surface area contributed by atoms with Crippen molar-refractivity contribution in [1.82, 2.24) is 9.80 Å². The summed E-state index contributed by atoms with van der Waals surface area (Å²) in [6.07, 6.45) is 1.92. The van der Waals surface area contributed by atoms with Crippen LogP contribution in [0, 0.1) is 12.8 Å². The zero-order valence-corrected chi connectivity index (χ0v) is 19.9. The molecule has 0 spiro atoms. The van der Waals surface area contributed by atoms with E-state index in [0.29, 0.717) is 39.0 Å². The minimum absolute atomic E-state index is 0.0458. The quantitative estimate of drug-likeness (QED) is 0.612. The second-order valence-corrected chi connectivity index (χ2v) is 10.6. The third-order valence-corrected chi connectivity index (χ3v) is 6.45. The summed E-state index contributed by atoms with van der Waals surface area (Å²) in [6.45, 7) is 10.2. The molecule has 0 unspecified atom stereocenters. The van der Waals surface area contributed by atoms with Gasteiger partial charge in [-0.2, -0.15) is 0 Å². The van der Waals surface area contributed by atoms with E-state index in [0.717, 1.165) is 6.42 Å². The first-order valence-corrected chi connectivity index (χ1v) is 11.9. The van der Waals surface area contributed by atoms with E-state index in [2.05, 4.69) is 31.2 Å². The van der Waals surface area contributed by atoms with Gasteiger partial charge in [0.15, 0.2) is 0 Å². The van der Waals surface area contributed by atoms with Gasteiger partial charge in [-0.3, -0.25) is 4.79 Å². The summed E-state index contributed by atoms with van der Waals surface area (Å²) in [4.78, 5) is 32.0. The number of hydrogen-bond donors (Lipinski definition) is 0. The van der Waals surface area contributed by atoms with Crippen molar-refractivity contribution in [3.8, 4) is 0 Å². The number of carbonyl (C=O) groups excluding carboxylic acids is 2. The Kier molecular flexibility index (Phi) is 7.76. The number of nitrogens with zero attached hydrogens (tertiary/aromatic N) is 2. The van der Waals surface area contributed by atoms with Crippen molar-refractivity contribution in [1.29, 1.82) is 0 Å². The van der Waals surface area contributed by atoms with Crippen LogP contribution in [0.2, 0.25) is 0 Å². The molecular weight excluding hydrogens is 408 g/mol. The van der Waals surface area contributed by atoms with Crippen molar-refractivity contribution in [2.24, 2.45) is 5.92 Å². The summed E-state index contributed by atoms with van der Waals surface area (Å²) in [5.41, 5.74) is 0.735. The minimum Gasteiger partial charge on any atom is -0.444 e. The van der Waals surface area contributed by atoms with Gasteiger partial charge in [0, 0.05) is 35.3 Å². The Morgan fingerprint density at radius 2 is 1.77 bits per heavy atom. The molecule has 31 heavy (non-hydrogen) atoms. The highest BCUT2D eigenvalue weighted by Gasteiger charge is 2.32. The van der Waals surface area contributed by atoms with Gasteiger partial charge in [0.25, 0.3) is 0 Å². The van der Waals surface area contributed by atoms with Gasteiger partial charge in [-0.05, 0) is 64.7 Å². The lowest BCUT2D eigenvalue weighted by molar-refractivity contribution is -0.137. The highest BCUT2D eigenvalue weighted by molar-refractivity contribution is 7.11. The van der Waals surface area contributed by atoms with E-state index in [1.807, 2.05) is 43.9 Å². The number of hydrogen-bond acceptors (Lipinski definition) is 4. The standard InChI is InChI=1S/C25H34N2O3S/c1-19-10-11-22(31-19)18-27(15-12-20-8-6-5-7-9-20)23(28)21-13-16-26(17-14-21)24(29)30-25(2,3)4/h5-11,21H,12-18H2,1-4H3. The molecule has 0 bridgehead atoms. The molecule has 1 aromatic carbocycles. The van der Waals surface area contributed by atoms with Crippen LogP contribution >= 0.6 is 11.3 Å². The Hall–Kier alpha value is -2.34. The van der Waals surface area contributed by atoms with Crippen LogP contribution in [0.1, 0.15) is 48.9 Å². The lowest BCUT2D eigenvalue weighted by Gasteiger charge is -2.35. The number of likely N-dealkylation sites (tertiary alicyclic amines) is 1. The van der Waals surface area contributed by atoms with Crippen molar-refractivity contribution in [2.75, 3.05) is 19.6 Å². The predicted molar refractivity (Wildman–Crippen MR) is 125 cm³/mol. The fourth-order valence-electron chi connectivity index (χ4n) is 3.83. The second kappa shape index (κ2) is 10.3. The molecule has 2 heterocycles. The molecule has 1 saturated heterocycles. The predicted octanol–water partition coefficient (Wildman–Crippen LogP) is 5.27. The van der Waals surface area contributed by atoms with Crippen molar-refractivity contribution in [2.45, 2.75) is 59.1 Å². The third-order valence-electron chi connectivity index (χ3n) is 5.46. The van der Waals surface area contributed by atoms with Gasteiger partial charge in [-0.1, -0.05) is 30.3 Å². The number of carbonyl (C=O) groups is 2. The first kappa shape index (κ1) is 23.3. The van der Waals surface area contributed by atoms with Crippen LogP contribution in [0.15, 0.2) is 42.5 Å². The maximum absolute atomic E-state index is 13.4. The number of amides is 2. The van der Waals surface area contributed by atoms with E-state index < -0.39 is 5.60 Å². The molecular formula is C25H34N2O3S. The monoisotopic (exact) mass is 442 g/mol. The van der Waals surface area contributed by atoms with Gasteiger partial charge in [0.2, 0.25) is 5.91 Å². The molecule has 2 amide bonds. The fourth-order valence-corrected chi connectivity index (χ4v) is 4.73. The van der Waals surface area contributed by atoms with Crippen molar-refractivity contribution < 1.29 is 14.3 Å². The molecule has 0 aliphatic carbocycles. The topological polar surface area (TPSA) is 49.9 Å². The molecule has 0 N–H and O–H groups in total. The Morgan fingerprint density at radius 3 is 2.35 bits per heavy atom. The molecule has 0 atom stereocenters. The van der Waals surface area contributed by atoms with Gasteiger partial charge in [0.1, 0.15) is 5.60 Å². The molecule has 0 saturated carbocycles. The van der Waals surface area contributed by atoms with Crippen molar-refractivity contribution >= 4 is 23.3 Å². The summed E-state index contributed by atoms with van der Waals surface area (Å²) in [7, 11) is 0. The van der Waals surface area contributed by atoms with Crippen LogP contribution in [-0.4, -0.2) is 47.0 Å². The number of piperidine rings is 1. The van der Waals surface area contributed by atoms with Crippen LogP contribution in [0.5, 0.6) is 0 Å². The largest absolute Gasteiger partial charge is 0.444 e. The molecule has 168 valence electrons. The van der Waals surface area contributed by atoms with E-state index in [4.69, 9.17) is 4.74 Å². The van der Waals surface area contributed by atoms with Crippen LogP contribution in [0.3, 0.4) is 0 Å². The minimum atomic E-state index is -0.503. The van der Waals surface area contributed by atoms with Gasteiger partial charge >= 0.3 is 6.09 Å². The lowest BCUT2D eigenvalue weighted by Crippen LogP contribution is -2.46. The number of ether oxygens (including phenoxy) is 1. The van der Waals surface area contributed by atoms with Crippen LogP contribution < -0.4 is 0 Å². The first-order chi connectivity index (χ1) is 14.7. The highest BCUT2D eigenvalue weighted by Crippen LogP contribution is 2.24. The average Bonchev–Trinajstić information content (AvgIpc) is 3.15. The summed E-state index contributed by atoms with van der Waals surface area (Å²) in [5, 5.41) is 0. The molecule has 1 aromatic heterocycles. The Balaban J connectivity index is 1.61. The maximum atomic E-state index is 13.4. The third kappa shape index (κ3) is 7.10. The Labute approximate surface area is 190 Å². The van der Waals surface area contributed by atoms with Crippen LogP contribution in [-0.2, 0) is 22.5 Å². The van der Waals surface area contributed by atoms with Crippen molar-refractivity contribution in [3.63, 3.8) is 0 Å². The zero-order valence-electron chi connectivity index (χ0n) is 19.1. The number of thiophene rings is 1. The van der Waals surface area contributed by atoms with E-state index in [1.54, 1.807) is 16.2 Å². The Bertz CT molecular complexity index is 864. The molecule has 6 heteroatoms. The van der Waals surface area contributed by atoms with Gasteiger partial charge < -0.3 is 14.5 Å². The molecule has 3 rings (SSSR count). The summed E-state index contributed by atoms with van der Waals surface area (Å²) in [5.74, 6) is 0.154. The smallest absolute Gasteiger partial charge is 0.410 e. The maximum Gasteiger partial charge on any atom is 0.410 e.